The molecule has 2 aliphatic rings. The highest BCUT2D eigenvalue weighted by Gasteiger charge is 2.50. The fourth-order valence-electron chi connectivity index (χ4n) is 4.37. The third-order valence-corrected chi connectivity index (χ3v) is 5.78. The number of likely N-dealkylation sites (tertiary alicyclic amines) is 1. The molecule has 1 aliphatic heterocycles. The lowest BCUT2D eigenvalue weighted by Gasteiger charge is -2.42. The van der Waals surface area contributed by atoms with Gasteiger partial charge in [0, 0.05) is 17.9 Å². The number of hydrogen-bond donors (Lipinski definition) is 0. The topological polar surface area (TPSA) is 43.3 Å². The zero-order valence-electron chi connectivity index (χ0n) is 17.0. The molecule has 0 bridgehead atoms. The summed E-state index contributed by atoms with van der Waals surface area (Å²) < 4.78 is 11.0. The Labute approximate surface area is 157 Å². The van der Waals surface area contributed by atoms with Crippen LogP contribution in [0.25, 0.3) is 0 Å². The summed E-state index contributed by atoms with van der Waals surface area (Å²) in [6, 6.07) is 6.85. The molecule has 1 aliphatic carbocycles. The van der Waals surface area contributed by atoms with Gasteiger partial charge < -0.3 is 19.2 Å². The number of benzene rings is 1. The van der Waals surface area contributed by atoms with Crippen LogP contribution in [-0.4, -0.2) is 50.1 Å². The molecule has 1 aromatic carbocycles. The second kappa shape index (κ2) is 7.10. The molecule has 144 valence electrons. The van der Waals surface area contributed by atoms with Gasteiger partial charge >= 0.3 is 0 Å². The Hall–Kier alpha value is -1.75. The van der Waals surface area contributed by atoms with Crippen molar-refractivity contribution in [2.75, 3.05) is 27.8 Å². The van der Waals surface area contributed by atoms with Gasteiger partial charge in [-0.3, -0.25) is 0 Å². The molecule has 0 spiro atoms. The number of hydrogen-bond acceptors (Lipinski definition) is 5. The van der Waals surface area contributed by atoms with E-state index in [0.717, 1.165) is 43.7 Å². The Morgan fingerprint density at radius 3 is 2.50 bits per heavy atom. The predicted octanol–water partition coefficient (Wildman–Crippen LogP) is 4.00. The number of methoxy groups -OCH3 is 2. The van der Waals surface area contributed by atoms with E-state index in [1.807, 2.05) is 26.8 Å². The minimum Gasteiger partial charge on any atom is -0.493 e. The molecule has 5 nitrogen and oxygen atoms in total. The maximum absolute atomic E-state index is 5.69. The minimum absolute atomic E-state index is 0.148. The normalized spacial score (nSPS) is 28.1. The molecule has 2 atom stereocenters. The summed E-state index contributed by atoms with van der Waals surface area (Å²) in [5.41, 5.74) is 2.43. The van der Waals surface area contributed by atoms with Crippen molar-refractivity contribution in [2.45, 2.75) is 63.5 Å². The van der Waals surface area contributed by atoms with Gasteiger partial charge in [0.05, 0.1) is 19.9 Å². The molecule has 1 aromatic rings. The average Bonchev–Trinajstić information content (AvgIpc) is 2.96. The maximum atomic E-state index is 5.69. The van der Waals surface area contributed by atoms with E-state index in [-0.39, 0.29) is 11.0 Å². The molecule has 1 heterocycles. The molecule has 2 fully saturated rings. The predicted molar refractivity (Wildman–Crippen MR) is 104 cm³/mol. The van der Waals surface area contributed by atoms with E-state index in [1.165, 1.54) is 11.3 Å². The first-order valence-electron chi connectivity index (χ1n) is 9.46. The van der Waals surface area contributed by atoms with Gasteiger partial charge in [0.1, 0.15) is 5.60 Å². The molecule has 5 heteroatoms. The van der Waals surface area contributed by atoms with Crippen LogP contribution in [-0.2, 0) is 10.3 Å². The van der Waals surface area contributed by atoms with E-state index in [4.69, 9.17) is 14.3 Å². The fourth-order valence-corrected chi connectivity index (χ4v) is 4.37. The molecular formula is C21H32N2O3. The lowest BCUT2D eigenvalue weighted by atomic mass is 9.65. The van der Waals surface area contributed by atoms with Gasteiger partial charge in [0.25, 0.3) is 0 Å². The van der Waals surface area contributed by atoms with E-state index >= 15 is 0 Å². The van der Waals surface area contributed by atoms with Gasteiger partial charge in [-0.15, -0.1) is 0 Å². The number of fused-ring (bicyclic) bond motifs is 1. The summed E-state index contributed by atoms with van der Waals surface area (Å²) in [4.78, 5) is 8.17. The minimum atomic E-state index is -0.244. The second-order valence-corrected chi connectivity index (χ2v) is 8.54. The highest BCUT2D eigenvalue weighted by atomic mass is 16.6. The highest BCUT2D eigenvalue weighted by Crippen LogP contribution is 2.49. The van der Waals surface area contributed by atoms with Crippen molar-refractivity contribution in [3.05, 3.63) is 23.8 Å². The Kier molecular flexibility index (Phi) is 5.20. The number of likely N-dealkylation sites (N-methyl/N-ethyl adjacent to an activating group) is 1. The molecule has 3 rings (SSSR count). The molecule has 0 aromatic heterocycles. The van der Waals surface area contributed by atoms with Crippen molar-refractivity contribution in [1.29, 1.82) is 0 Å². The summed E-state index contributed by atoms with van der Waals surface area (Å²) >= 11 is 0. The van der Waals surface area contributed by atoms with Crippen LogP contribution >= 0.6 is 0 Å². The SMILES string of the molecule is COc1ccc([C@@]23CCC(=NOC(C)(C)C)CC2N(C)CC3)cc1OC. The lowest BCUT2D eigenvalue weighted by molar-refractivity contribution is -0.000654. The summed E-state index contributed by atoms with van der Waals surface area (Å²) in [6.07, 6.45) is 4.19. The molecule has 0 radical (unpaired) electrons. The van der Waals surface area contributed by atoms with Gasteiger partial charge in [0.2, 0.25) is 0 Å². The maximum Gasteiger partial charge on any atom is 0.161 e. The quantitative estimate of drug-likeness (QED) is 0.761. The number of rotatable bonds is 4. The highest BCUT2D eigenvalue weighted by molar-refractivity contribution is 5.86. The monoisotopic (exact) mass is 360 g/mol. The summed E-state index contributed by atoms with van der Waals surface area (Å²) in [5.74, 6) is 1.59. The van der Waals surface area contributed by atoms with Gasteiger partial charge in [-0.2, -0.15) is 0 Å². The molecule has 1 unspecified atom stereocenters. The number of oxime groups is 1. The van der Waals surface area contributed by atoms with E-state index in [9.17, 15) is 0 Å². The molecule has 1 saturated heterocycles. The molecule has 1 saturated carbocycles. The molecule has 0 N–H and O–H groups in total. The van der Waals surface area contributed by atoms with Crippen molar-refractivity contribution in [3.8, 4) is 11.5 Å². The van der Waals surface area contributed by atoms with Gasteiger partial charge in [-0.1, -0.05) is 11.2 Å². The van der Waals surface area contributed by atoms with E-state index < -0.39 is 0 Å². The van der Waals surface area contributed by atoms with Crippen LogP contribution in [0.2, 0.25) is 0 Å². The first kappa shape index (κ1) is 19.0. The van der Waals surface area contributed by atoms with Crippen molar-refractivity contribution in [2.24, 2.45) is 5.16 Å². The summed E-state index contributed by atoms with van der Waals surface area (Å²) in [5, 5.41) is 4.48. The Morgan fingerprint density at radius 1 is 1.12 bits per heavy atom. The van der Waals surface area contributed by atoms with Gasteiger partial charge in [-0.25, -0.2) is 0 Å². The Balaban J connectivity index is 1.90. The van der Waals surface area contributed by atoms with Crippen LogP contribution in [0.15, 0.2) is 23.4 Å². The third kappa shape index (κ3) is 3.54. The number of nitrogens with zero attached hydrogens (tertiary/aromatic N) is 2. The average molecular weight is 360 g/mol. The van der Waals surface area contributed by atoms with E-state index in [1.54, 1.807) is 14.2 Å². The van der Waals surface area contributed by atoms with E-state index in [0.29, 0.717) is 6.04 Å². The van der Waals surface area contributed by atoms with Crippen molar-refractivity contribution < 1.29 is 14.3 Å². The van der Waals surface area contributed by atoms with Crippen LogP contribution < -0.4 is 9.47 Å². The van der Waals surface area contributed by atoms with Crippen LogP contribution in [0.1, 0.15) is 52.0 Å². The van der Waals surface area contributed by atoms with E-state index in [2.05, 4.69) is 29.2 Å². The van der Waals surface area contributed by atoms with Gasteiger partial charge in [0.15, 0.2) is 11.5 Å². The van der Waals surface area contributed by atoms with Gasteiger partial charge in [-0.05, 0) is 71.3 Å². The standard InChI is InChI=1S/C21H32N2O3/c1-20(2,3)26-22-16-9-10-21(11-12-23(4)19(21)14-16)15-7-8-17(24-5)18(13-15)25-6/h7-8,13,19H,9-12,14H2,1-6H3/t19?,21-/m0/s1. The second-order valence-electron chi connectivity index (χ2n) is 8.54. The molecule has 0 amide bonds. The summed E-state index contributed by atoms with van der Waals surface area (Å²) in [7, 11) is 5.61. The van der Waals surface area contributed by atoms with Crippen molar-refractivity contribution in [3.63, 3.8) is 0 Å². The number of ether oxygens (including phenoxy) is 2. The largest absolute Gasteiger partial charge is 0.493 e. The molecule has 26 heavy (non-hydrogen) atoms. The van der Waals surface area contributed by atoms with Crippen LogP contribution in [0.4, 0.5) is 0 Å². The third-order valence-electron chi connectivity index (χ3n) is 5.78. The van der Waals surface area contributed by atoms with Crippen molar-refractivity contribution >= 4 is 5.71 Å². The zero-order chi connectivity index (χ0) is 18.9. The summed E-state index contributed by atoms with van der Waals surface area (Å²) in [6.45, 7) is 7.22. The van der Waals surface area contributed by atoms with Crippen LogP contribution in [0, 0.1) is 0 Å². The Bertz CT molecular complexity index is 680. The zero-order valence-corrected chi connectivity index (χ0v) is 17.0. The smallest absolute Gasteiger partial charge is 0.161 e. The molecular weight excluding hydrogens is 328 g/mol. The van der Waals surface area contributed by atoms with Crippen LogP contribution in [0.3, 0.4) is 0 Å². The lowest BCUT2D eigenvalue weighted by Crippen LogP contribution is -2.46. The first-order valence-corrected chi connectivity index (χ1v) is 9.46. The van der Waals surface area contributed by atoms with Crippen molar-refractivity contribution in [1.82, 2.24) is 4.90 Å². The Morgan fingerprint density at radius 2 is 1.85 bits per heavy atom. The fraction of sp³-hybridized carbons (Fsp3) is 0.667. The first-order chi connectivity index (χ1) is 12.3. The van der Waals surface area contributed by atoms with Crippen LogP contribution in [0.5, 0.6) is 11.5 Å².